The van der Waals surface area contributed by atoms with Gasteiger partial charge in [-0.2, -0.15) is 0 Å². The summed E-state index contributed by atoms with van der Waals surface area (Å²) in [6, 6.07) is 4.85. The summed E-state index contributed by atoms with van der Waals surface area (Å²) in [6.45, 7) is 0.727. The van der Waals surface area contributed by atoms with E-state index in [9.17, 15) is 14.0 Å². The number of nitrogens with zero attached hydrogens (tertiary/aromatic N) is 4. The smallest absolute Gasteiger partial charge is 0.291 e. The maximum absolute atomic E-state index is 14.3. The number of nitrogens with one attached hydrogen (secondary N) is 1. The molecule has 0 saturated carbocycles. The van der Waals surface area contributed by atoms with Gasteiger partial charge in [0.15, 0.2) is 11.6 Å². The van der Waals surface area contributed by atoms with Crippen LogP contribution in [0.5, 0.6) is 0 Å². The summed E-state index contributed by atoms with van der Waals surface area (Å²) < 4.78 is 27.2. The Bertz CT molecular complexity index is 1110. The molecule has 0 aliphatic carbocycles. The number of carbonyl (C=O) groups excluding carboxylic acids is 2. The van der Waals surface area contributed by atoms with Crippen molar-refractivity contribution in [3.8, 4) is 0 Å². The number of halogens is 1. The van der Waals surface area contributed by atoms with Crippen LogP contribution in [0.1, 0.15) is 28.1 Å². The molecule has 9 nitrogen and oxygen atoms in total. The second-order valence-electron chi connectivity index (χ2n) is 7.51. The van der Waals surface area contributed by atoms with Crippen LogP contribution in [0.3, 0.4) is 0 Å². The number of Topliss-reactive ketones (excluding diaryl/α,β-unsaturated/α-hetero) is 1. The Morgan fingerprint density at radius 3 is 3.00 bits per heavy atom. The number of fused-ring (bicyclic) bond motifs is 2. The Kier molecular flexibility index (Phi) is 4.78. The van der Waals surface area contributed by atoms with Crippen LogP contribution < -0.4 is 5.32 Å². The molecule has 31 heavy (non-hydrogen) atoms. The summed E-state index contributed by atoms with van der Waals surface area (Å²) in [5.41, 5.74) is 0.325. The van der Waals surface area contributed by atoms with Crippen molar-refractivity contribution in [3.63, 3.8) is 0 Å². The minimum atomic E-state index is -0.831. The Morgan fingerprint density at radius 2 is 2.16 bits per heavy atom. The third-order valence-electron chi connectivity index (χ3n) is 5.51. The number of ketones is 1. The first-order valence-electron chi connectivity index (χ1n) is 9.91. The molecule has 1 unspecified atom stereocenters. The first-order chi connectivity index (χ1) is 15.0. The van der Waals surface area contributed by atoms with Crippen LogP contribution in [0.15, 0.2) is 48.4 Å². The van der Waals surface area contributed by atoms with E-state index in [4.69, 9.17) is 9.47 Å². The molecular weight excluding hydrogens is 405 g/mol. The standard InChI is InChI=1S/C21H20FN5O4/c1-26-8-4-7-15-16(26)17(28)14(11-31-15)23-21(29)19-24-20-18(30-10-9-27(20)25-19)12-5-2-3-6-13(12)22/h2-8,14,16,18H,9-11H2,1H3,(H,23,29)/t14-,16?,18+/m0/s1. The molecule has 3 aliphatic rings. The minimum Gasteiger partial charge on any atom is -0.493 e. The molecule has 1 aromatic heterocycles. The van der Waals surface area contributed by atoms with Crippen LogP contribution in [0, 0.1) is 5.82 Å². The fourth-order valence-corrected chi connectivity index (χ4v) is 3.96. The summed E-state index contributed by atoms with van der Waals surface area (Å²) in [7, 11) is 1.77. The Labute approximate surface area is 177 Å². The Morgan fingerprint density at radius 1 is 1.32 bits per heavy atom. The molecule has 10 heteroatoms. The van der Waals surface area contributed by atoms with E-state index in [1.165, 1.54) is 10.7 Å². The van der Waals surface area contributed by atoms with E-state index in [1.54, 1.807) is 48.5 Å². The van der Waals surface area contributed by atoms with Gasteiger partial charge in [0.1, 0.15) is 36.4 Å². The van der Waals surface area contributed by atoms with Crippen molar-refractivity contribution in [1.29, 1.82) is 0 Å². The number of rotatable bonds is 3. The average Bonchev–Trinajstić information content (AvgIpc) is 3.21. The number of aromatic nitrogens is 3. The van der Waals surface area contributed by atoms with Gasteiger partial charge >= 0.3 is 0 Å². The minimum absolute atomic E-state index is 0.0309. The second kappa shape index (κ2) is 7.62. The van der Waals surface area contributed by atoms with Crippen molar-refractivity contribution in [1.82, 2.24) is 25.0 Å². The van der Waals surface area contributed by atoms with Crippen LogP contribution in [0.4, 0.5) is 4.39 Å². The predicted octanol–water partition coefficient (Wildman–Crippen LogP) is 0.946. The molecular formula is C21H20FN5O4. The summed E-state index contributed by atoms with van der Waals surface area (Å²) in [5.74, 6) is -0.398. The maximum atomic E-state index is 14.3. The topological polar surface area (TPSA) is 98.6 Å². The lowest BCUT2D eigenvalue weighted by Crippen LogP contribution is -2.56. The van der Waals surface area contributed by atoms with E-state index in [-0.39, 0.29) is 18.2 Å². The van der Waals surface area contributed by atoms with Gasteiger partial charge < -0.3 is 19.7 Å². The molecule has 1 aromatic carbocycles. The highest BCUT2D eigenvalue weighted by molar-refractivity contribution is 5.98. The van der Waals surface area contributed by atoms with Crippen LogP contribution in [0.2, 0.25) is 0 Å². The second-order valence-corrected chi connectivity index (χ2v) is 7.51. The first kappa shape index (κ1) is 19.4. The van der Waals surface area contributed by atoms with E-state index in [0.717, 1.165) is 0 Å². The first-order valence-corrected chi connectivity index (χ1v) is 9.91. The summed E-state index contributed by atoms with van der Waals surface area (Å²) in [4.78, 5) is 31.7. The summed E-state index contributed by atoms with van der Waals surface area (Å²) in [6.07, 6.45) is 4.55. The lowest BCUT2D eigenvalue weighted by atomic mass is 9.98. The molecule has 1 saturated heterocycles. The molecule has 2 aromatic rings. The fourth-order valence-electron chi connectivity index (χ4n) is 3.96. The number of benzene rings is 1. The molecule has 0 spiro atoms. The number of carbonyl (C=O) groups is 2. The van der Waals surface area contributed by atoms with Gasteiger partial charge in [0.05, 0.1) is 13.2 Å². The molecule has 0 radical (unpaired) electrons. The number of hydrogen-bond donors (Lipinski definition) is 1. The molecule has 4 heterocycles. The van der Waals surface area contributed by atoms with Crippen molar-refractivity contribution in [2.75, 3.05) is 20.3 Å². The molecule has 5 rings (SSSR count). The molecule has 160 valence electrons. The van der Waals surface area contributed by atoms with Crippen LogP contribution in [-0.2, 0) is 20.8 Å². The molecule has 1 amide bonds. The largest absolute Gasteiger partial charge is 0.493 e. The number of allylic oxidation sites excluding steroid dienone is 2. The molecule has 1 fully saturated rings. The fraction of sp³-hybridized carbons (Fsp3) is 0.333. The third kappa shape index (κ3) is 3.38. The van der Waals surface area contributed by atoms with Crippen LogP contribution in [0.25, 0.3) is 0 Å². The van der Waals surface area contributed by atoms with Gasteiger partial charge in [-0.05, 0) is 24.4 Å². The average molecular weight is 425 g/mol. The SMILES string of the molecule is CN1C=CC=C2OC[C@H](NC(=O)c3nc4n(n3)CCO[C@@H]4c3ccccc3F)C(=O)C21. The summed E-state index contributed by atoms with van der Waals surface area (Å²) in [5, 5.41) is 6.92. The molecule has 0 bridgehead atoms. The number of amides is 1. The normalized spacial score (nSPS) is 24.7. The van der Waals surface area contributed by atoms with E-state index >= 15 is 0 Å². The van der Waals surface area contributed by atoms with E-state index < -0.39 is 29.9 Å². The van der Waals surface area contributed by atoms with Gasteiger partial charge in [-0.3, -0.25) is 9.59 Å². The number of likely N-dealkylation sites (N-methyl/N-ethyl adjacent to an activating group) is 1. The monoisotopic (exact) mass is 425 g/mol. The zero-order valence-corrected chi connectivity index (χ0v) is 16.7. The van der Waals surface area contributed by atoms with Crippen LogP contribution >= 0.6 is 0 Å². The van der Waals surface area contributed by atoms with E-state index in [1.807, 2.05) is 0 Å². The number of ether oxygens (including phenoxy) is 2. The van der Waals surface area contributed by atoms with Gasteiger partial charge in [-0.15, -0.1) is 5.10 Å². The van der Waals surface area contributed by atoms with Crippen LogP contribution in [-0.4, -0.2) is 63.7 Å². The molecule has 1 N–H and O–H groups in total. The third-order valence-corrected chi connectivity index (χ3v) is 5.51. The highest BCUT2D eigenvalue weighted by atomic mass is 19.1. The highest BCUT2D eigenvalue weighted by Crippen LogP contribution is 2.29. The zero-order chi connectivity index (χ0) is 21.5. The quantitative estimate of drug-likeness (QED) is 0.782. The molecule has 3 aliphatic heterocycles. The predicted molar refractivity (Wildman–Crippen MR) is 105 cm³/mol. The van der Waals surface area contributed by atoms with E-state index in [0.29, 0.717) is 30.3 Å². The zero-order valence-electron chi connectivity index (χ0n) is 16.7. The molecule has 3 atom stereocenters. The lowest BCUT2D eigenvalue weighted by molar-refractivity contribution is -0.129. The van der Waals surface area contributed by atoms with E-state index in [2.05, 4.69) is 15.4 Å². The van der Waals surface area contributed by atoms with Gasteiger partial charge in [0, 0.05) is 12.6 Å². The van der Waals surface area contributed by atoms with Crippen molar-refractivity contribution in [3.05, 3.63) is 71.4 Å². The van der Waals surface area contributed by atoms with Gasteiger partial charge in [0.25, 0.3) is 5.91 Å². The van der Waals surface area contributed by atoms with Crippen molar-refractivity contribution in [2.24, 2.45) is 0 Å². The van der Waals surface area contributed by atoms with Gasteiger partial charge in [0.2, 0.25) is 5.82 Å². The Hall–Kier alpha value is -3.53. The van der Waals surface area contributed by atoms with Gasteiger partial charge in [-0.25, -0.2) is 14.1 Å². The maximum Gasteiger partial charge on any atom is 0.291 e. The lowest BCUT2D eigenvalue weighted by Gasteiger charge is -2.36. The summed E-state index contributed by atoms with van der Waals surface area (Å²) >= 11 is 0. The number of hydrogen-bond acceptors (Lipinski definition) is 7. The van der Waals surface area contributed by atoms with Crippen molar-refractivity contribution >= 4 is 11.7 Å². The van der Waals surface area contributed by atoms with Gasteiger partial charge in [-0.1, -0.05) is 18.2 Å². The highest BCUT2D eigenvalue weighted by Gasteiger charge is 2.40. The van der Waals surface area contributed by atoms with Crippen molar-refractivity contribution in [2.45, 2.75) is 24.7 Å². The Balaban J connectivity index is 1.36. The van der Waals surface area contributed by atoms with Crippen molar-refractivity contribution < 1.29 is 23.5 Å².